The summed E-state index contributed by atoms with van der Waals surface area (Å²) in [6, 6.07) is 21.6. The lowest BCUT2D eigenvalue weighted by molar-refractivity contribution is 0.0953. The van der Waals surface area contributed by atoms with Crippen LogP contribution in [-0.4, -0.2) is 23.0 Å². The van der Waals surface area contributed by atoms with Gasteiger partial charge in [-0.25, -0.2) is 5.43 Å². The number of hydrogen-bond donors (Lipinski definition) is 3. The van der Waals surface area contributed by atoms with Crippen LogP contribution in [0, 0.1) is 0 Å². The predicted octanol–water partition coefficient (Wildman–Crippen LogP) is 4.95. The lowest BCUT2D eigenvalue weighted by Crippen LogP contribution is -2.18. The van der Waals surface area contributed by atoms with Gasteiger partial charge in [0.15, 0.2) is 0 Å². The quantitative estimate of drug-likeness (QED) is 0.290. The van der Waals surface area contributed by atoms with Gasteiger partial charge in [0, 0.05) is 44.0 Å². The first-order chi connectivity index (χ1) is 14.6. The third kappa shape index (κ3) is 4.47. The van der Waals surface area contributed by atoms with Gasteiger partial charge < -0.3 is 10.3 Å². The van der Waals surface area contributed by atoms with Crippen LogP contribution in [0.3, 0.4) is 0 Å². The molecule has 0 spiro atoms. The van der Waals surface area contributed by atoms with Crippen LogP contribution in [0.5, 0.6) is 0 Å². The number of anilines is 1. The smallest absolute Gasteiger partial charge is 0.271 e. The first-order valence-electron chi connectivity index (χ1n) is 9.17. The summed E-state index contributed by atoms with van der Waals surface area (Å²) in [5.41, 5.74) is 5.82. The Hall–Kier alpha value is -3.71. The summed E-state index contributed by atoms with van der Waals surface area (Å²) >= 11 is 3.35. The highest BCUT2D eigenvalue weighted by atomic mass is 79.9. The van der Waals surface area contributed by atoms with E-state index < -0.39 is 0 Å². The maximum absolute atomic E-state index is 12.4. The van der Waals surface area contributed by atoms with Crippen LogP contribution in [0.25, 0.3) is 10.9 Å². The van der Waals surface area contributed by atoms with Crippen molar-refractivity contribution in [2.75, 3.05) is 5.32 Å². The van der Waals surface area contributed by atoms with Crippen molar-refractivity contribution in [2.45, 2.75) is 0 Å². The third-order valence-corrected chi connectivity index (χ3v) is 4.95. The molecule has 0 fully saturated rings. The van der Waals surface area contributed by atoms with E-state index in [0.717, 1.165) is 20.9 Å². The molecule has 6 nitrogen and oxygen atoms in total. The number of fused-ring (bicyclic) bond motifs is 1. The van der Waals surface area contributed by atoms with Crippen molar-refractivity contribution in [1.82, 2.24) is 10.4 Å². The van der Waals surface area contributed by atoms with E-state index in [9.17, 15) is 9.59 Å². The molecule has 0 atom stereocenters. The van der Waals surface area contributed by atoms with E-state index in [4.69, 9.17) is 0 Å². The molecule has 4 aromatic rings. The van der Waals surface area contributed by atoms with Gasteiger partial charge in [-0.3, -0.25) is 9.59 Å². The van der Waals surface area contributed by atoms with Crippen molar-refractivity contribution >= 4 is 50.5 Å². The minimum Gasteiger partial charge on any atom is -0.361 e. The molecule has 3 aromatic carbocycles. The number of aromatic nitrogens is 1. The molecular formula is C23H17BrN4O2. The molecule has 3 N–H and O–H groups in total. The Morgan fingerprint density at radius 1 is 0.900 bits per heavy atom. The van der Waals surface area contributed by atoms with Gasteiger partial charge in [0.1, 0.15) is 0 Å². The number of carbonyl (C=O) groups is 2. The summed E-state index contributed by atoms with van der Waals surface area (Å²) in [6.45, 7) is 0. The Balaban J connectivity index is 1.43. The number of carbonyl (C=O) groups excluding carboxylic acids is 2. The van der Waals surface area contributed by atoms with Crippen LogP contribution in [0.4, 0.5) is 5.69 Å². The second-order valence-electron chi connectivity index (χ2n) is 6.53. The number of nitrogens with zero attached hydrogens (tertiary/aromatic N) is 1. The van der Waals surface area contributed by atoms with Gasteiger partial charge >= 0.3 is 0 Å². The fourth-order valence-electron chi connectivity index (χ4n) is 3.00. The van der Waals surface area contributed by atoms with Crippen molar-refractivity contribution in [3.05, 3.63) is 100 Å². The van der Waals surface area contributed by atoms with Crippen molar-refractivity contribution in [3.8, 4) is 0 Å². The topological polar surface area (TPSA) is 86.3 Å². The first-order valence-corrected chi connectivity index (χ1v) is 9.96. The Bertz CT molecular complexity index is 1260. The molecule has 1 heterocycles. The van der Waals surface area contributed by atoms with Gasteiger partial charge in [0.2, 0.25) is 0 Å². The number of rotatable bonds is 5. The molecule has 0 aliphatic heterocycles. The summed E-state index contributed by atoms with van der Waals surface area (Å²) in [5.74, 6) is -0.629. The van der Waals surface area contributed by atoms with Gasteiger partial charge in [-0.2, -0.15) is 5.10 Å². The molecular weight excluding hydrogens is 444 g/mol. The third-order valence-electron chi connectivity index (χ3n) is 4.46. The highest BCUT2D eigenvalue weighted by Crippen LogP contribution is 2.17. The summed E-state index contributed by atoms with van der Waals surface area (Å²) in [5, 5.41) is 7.87. The monoisotopic (exact) mass is 460 g/mol. The number of H-pyrrole nitrogens is 1. The normalized spacial score (nSPS) is 11.0. The summed E-state index contributed by atoms with van der Waals surface area (Å²) in [7, 11) is 0. The molecule has 0 aliphatic rings. The number of aromatic amines is 1. The van der Waals surface area contributed by atoms with Crippen LogP contribution in [0.15, 0.2) is 88.6 Å². The number of nitrogens with one attached hydrogen (secondary N) is 3. The Kier molecular flexibility index (Phi) is 5.72. The molecule has 0 saturated heterocycles. The van der Waals surface area contributed by atoms with Crippen LogP contribution in [-0.2, 0) is 0 Å². The molecule has 0 unspecified atom stereocenters. The van der Waals surface area contributed by atoms with Crippen LogP contribution >= 0.6 is 15.9 Å². The maximum atomic E-state index is 12.4. The number of hydrazone groups is 1. The van der Waals surface area contributed by atoms with Gasteiger partial charge in [-0.15, -0.1) is 0 Å². The SMILES string of the molecule is O=C(NN=Cc1c[nH]c2ccccc12)c1cccc(NC(=O)c2cccc(Br)c2)c1. The summed E-state index contributed by atoms with van der Waals surface area (Å²) < 4.78 is 0.816. The molecule has 1 aromatic heterocycles. The highest BCUT2D eigenvalue weighted by molar-refractivity contribution is 9.10. The van der Waals surface area contributed by atoms with Crippen LogP contribution in [0.1, 0.15) is 26.3 Å². The molecule has 2 amide bonds. The number of halogens is 1. The van der Waals surface area contributed by atoms with Crippen molar-refractivity contribution < 1.29 is 9.59 Å². The van der Waals surface area contributed by atoms with E-state index in [2.05, 4.69) is 36.8 Å². The molecule has 0 bridgehead atoms. The second kappa shape index (κ2) is 8.75. The van der Waals surface area contributed by atoms with Crippen molar-refractivity contribution in [2.24, 2.45) is 5.10 Å². The lowest BCUT2D eigenvalue weighted by atomic mass is 10.1. The molecule has 4 rings (SSSR count). The molecule has 30 heavy (non-hydrogen) atoms. The number of benzene rings is 3. The average Bonchev–Trinajstić information content (AvgIpc) is 3.17. The van der Waals surface area contributed by atoms with Crippen molar-refractivity contribution in [3.63, 3.8) is 0 Å². The largest absolute Gasteiger partial charge is 0.361 e. The van der Waals surface area contributed by atoms with Gasteiger partial charge in [-0.05, 0) is 42.5 Å². The van der Waals surface area contributed by atoms with E-state index in [0.29, 0.717) is 16.8 Å². The average molecular weight is 461 g/mol. The van der Waals surface area contributed by atoms with Crippen LogP contribution < -0.4 is 10.7 Å². The van der Waals surface area contributed by atoms with Crippen molar-refractivity contribution in [1.29, 1.82) is 0 Å². The summed E-state index contributed by atoms with van der Waals surface area (Å²) in [4.78, 5) is 28.0. The zero-order valence-electron chi connectivity index (χ0n) is 15.7. The summed E-state index contributed by atoms with van der Waals surface area (Å²) in [6.07, 6.45) is 3.42. The predicted molar refractivity (Wildman–Crippen MR) is 122 cm³/mol. The van der Waals surface area contributed by atoms with E-state index in [1.165, 1.54) is 0 Å². The second-order valence-corrected chi connectivity index (χ2v) is 7.45. The zero-order chi connectivity index (χ0) is 20.9. The molecule has 0 aliphatic carbocycles. The molecule has 148 valence electrons. The fraction of sp³-hybridized carbons (Fsp3) is 0. The number of hydrogen-bond acceptors (Lipinski definition) is 3. The fourth-order valence-corrected chi connectivity index (χ4v) is 3.40. The highest BCUT2D eigenvalue weighted by Gasteiger charge is 2.09. The maximum Gasteiger partial charge on any atom is 0.271 e. The molecule has 7 heteroatoms. The van der Waals surface area contributed by atoms with E-state index >= 15 is 0 Å². The van der Waals surface area contributed by atoms with E-state index in [-0.39, 0.29) is 11.8 Å². The Labute approximate surface area is 181 Å². The van der Waals surface area contributed by atoms with E-state index in [1.54, 1.807) is 48.7 Å². The zero-order valence-corrected chi connectivity index (χ0v) is 17.3. The van der Waals surface area contributed by atoms with E-state index in [1.807, 2.05) is 36.5 Å². The number of amides is 2. The van der Waals surface area contributed by atoms with Gasteiger partial charge in [0.05, 0.1) is 6.21 Å². The Morgan fingerprint density at radius 3 is 2.50 bits per heavy atom. The minimum atomic E-state index is -0.371. The molecule has 0 saturated carbocycles. The molecule has 0 radical (unpaired) electrons. The van der Waals surface area contributed by atoms with Crippen LogP contribution in [0.2, 0.25) is 0 Å². The lowest BCUT2D eigenvalue weighted by Gasteiger charge is -2.07. The standard InChI is InChI=1S/C23H17BrN4O2/c24-18-7-3-5-15(11-18)22(29)27-19-8-4-6-16(12-19)23(30)28-26-14-17-13-25-21-10-2-1-9-20(17)21/h1-14,25H,(H,27,29)(H,28,30). The van der Waals surface area contributed by atoms with Gasteiger partial charge in [0.25, 0.3) is 11.8 Å². The first kappa shape index (κ1) is 19.6. The minimum absolute atomic E-state index is 0.258. The van der Waals surface area contributed by atoms with Gasteiger partial charge in [-0.1, -0.05) is 46.3 Å². The number of para-hydroxylation sites is 1. The Morgan fingerprint density at radius 2 is 1.67 bits per heavy atom.